The number of rotatable bonds is 2. The van der Waals surface area contributed by atoms with Gasteiger partial charge in [0.25, 0.3) is 0 Å². The van der Waals surface area contributed by atoms with Crippen molar-refractivity contribution in [2.24, 2.45) is 0 Å². The fourth-order valence-electron chi connectivity index (χ4n) is 13.0. The molecule has 0 bridgehead atoms. The van der Waals surface area contributed by atoms with Crippen molar-refractivity contribution in [2.45, 2.75) is 45.4 Å². The normalized spacial score (nSPS) is 14.8. The van der Waals surface area contributed by atoms with Crippen LogP contribution in [-0.2, 0) is 10.8 Å². The highest BCUT2D eigenvalue weighted by atomic mass is 15.0. The van der Waals surface area contributed by atoms with E-state index in [0.717, 1.165) is 0 Å². The van der Waals surface area contributed by atoms with Crippen LogP contribution in [0, 0.1) is 6.92 Å². The van der Waals surface area contributed by atoms with Gasteiger partial charge < -0.3 is 18.3 Å². The van der Waals surface area contributed by atoms with E-state index in [4.69, 9.17) is 0 Å². The van der Waals surface area contributed by atoms with Crippen LogP contribution in [0.1, 0.15) is 55.5 Å². The lowest BCUT2D eigenvalue weighted by atomic mass is 9.69. The molecule has 2 aliphatic rings. The highest BCUT2D eigenvalue weighted by Gasteiger charge is 2.42. The van der Waals surface area contributed by atoms with Crippen molar-refractivity contribution in [3.8, 4) is 22.7 Å². The van der Waals surface area contributed by atoms with Crippen molar-refractivity contribution in [1.82, 2.24) is 18.3 Å². The summed E-state index contributed by atoms with van der Waals surface area (Å²) in [6, 6.07) is 66.3. The first-order chi connectivity index (χ1) is 31.7. The second-order valence-corrected chi connectivity index (χ2v) is 19.8. The van der Waals surface area contributed by atoms with Gasteiger partial charge in [-0.1, -0.05) is 137 Å². The quantitative estimate of drug-likeness (QED) is 0.165. The Morgan fingerprint density at radius 1 is 0.308 bits per heavy atom. The molecule has 9 aromatic carbocycles. The van der Waals surface area contributed by atoms with Gasteiger partial charge in [-0.2, -0.15) is 0 Å². The first kappa shape index (κ1) is 35.6. The maximum atomic E-state index is 2.62. The van der Waals surface area contributed by atoms with E-state index in [1.165, 1.54) is 138 Å². The molecule has 15 rings (SSSR count). The van der Waals surface area contributed by atoms with E-state index in [2.05, 4.69) is 229 Å². The molecule has 0 unspecified atom stereocenters. The zero-order valence-electron chi connectivity index (χ0n) is 37.0. The zero-order chi connectivity index (χ0) is 43.2. The molecule has 4 nitrogen and oxygen atoms in total. The van der Waals surface area contributed by atoms with Gasteiger partial charge in [0, 0.05) is 59.6 Å². The largest absolute Gasteiger partial charge is 0.309 e. The number of benzene rings is 9. The van der Waals surface area contributed by atoms with Gasteiger partial charge in [-0.15, -0.1) is 0 Å². The zero-order valence-corrected chi connectivity index (χ0v) is 37.0. The van der Waals surface area contributed by atoms with Gasteiger partial charge in [0.2, 0.25) is 0 Å². The molecule has 65 heavy (non-hydrogen) atoms. The minimum atomic E-state index is -0.335. The summed E-state index contributed by atoms with van der Waals surface area (Å²) in [6.07, 6.45) is 0. The maximum absolute atomic E-state index is 2.62. The van der Waals surface area contributed by atoms with Crippen LogP contribution in [0.5, 0.6) is 0 Å². The number of hydrogen-bond donors (Lipinski definition) is 0. The van der Waals surface area contributed by atoms with Crippen molar-refractivity contribution in [1.29, 1.82) is 0 Å². The maximum Gasteiger partial charge on any atom is 0.0586 e. The van der Waals surface area contributed by atoms with E-state index >= 15 is 0 Å². The van der Waals surface area contributed by atoms with Crippen LogP contribution in [0.3, 0.4) is 0 Å². The molecule has 0 aliphatic carbocycles. The molecule has 13 aromatic rings. The summed E-state index contributed by atoms with van der Waals surface area (Å²) < 4.78 is 10.2. The Kier molecular flexibility index (Phi) is 6.49. The SMILES string of the molecule is Cc1c(-n2c3ccccc3c3ccccc32)cc2c3ccccc3n3c2c1C(C)(C)c1cc2c(cc1-3)C(C)(C)c1cc(-n3c4ccccc4c4ccccc43)cc3c4ccccc4n-2c13. The van der Waals surface area contributed by atoms with Gasteiger partial charge >= 0.3 is 0 Å². The second-order valence-electron chi connectivity index (χ2n) is 19.8. The van der Waals surface area contributed by atoms with E-state index in [1.807, 2.05) is 0 Å². The smallest absolute Gasteiger partial charge is 0.0586 e. The van der Waals surface area contributed by atoms with Crippen LogP contribution < -0.4 is 0 Å². The van der Waals surface area contributed by atoms with Gasteiger partial charge in [-0.25, -0.2) is 0 Å². The van der Waals surface area contributed by atoms with E-state index in [0.29, 0.717) is 0 Å². The molecule has 0 saturated carbocycles. The molecular weight excluding hydrogens is 789 g/mol. The van der Waals surface area contributed by atoms with Crippen molar-refractivity contribution >= 4 is 87.2 Å². The van der Waals surface area contributed by atoms with Crippen molar-refractivity contribution in [2.75, 3.05) is 0 Å². The Bertz CT molecular complexity index is 4200. The average molecular weight is 833 g/mol. The van der Waals surface area contributed by atoms with E-state index < -0.39 is 0 Å². The van der Waals surface area contributed by atoms with Gasteiger partial charge in [0.15, 0.2) is 0 Å². The Hall–Kier alpha value is -7.82. The van der Waals surface area contributed by atoms with Crippen molar-refractivity contribution in [3.63, 3.8) is 0 Å². The summed E-state index contributed by atoms with van der Waals surface area (Å²) >= 11 is 0. The van der Waals surface area contributed by atoms with Crippen LogP contribution in [0.2, 0.25) is 0 Å². The number of nitrogens with zero attached hydrogens (tertiary/aromatic N) is 4. The fraction of sp³-hybridized carbons (Fsp3) is 0.115. The molecule has 6 heterocycles. The molecule has 0 fully saturated rings. The predicted molar refractivity (Wildman–Crippen MR) is 273 cm³/mol. The van der Waals surface area contributed by atoms with Crippen LogP contribution in [0.15, 0.2) is 176 Å². The molecule has 4 aromatic heterocycles. The molecule has 0 N–H and O–H groups in total. The molecule has 0 radical (unpaired) electrons. The molecular formula is C61H44N4. The Balaban J connectivity index is 1.05. The third kappa shape index (κ3) is 4.20. The van der Waals surface area contributed by atoms with Crippen molar-refractivity contribution in [3.05, 3.63) is 204 Å². The summed E-state index contributed by atoms with van der Waals surface area (Å²) in [5, 5.41) is 10.3. The van der Waals surface area contributed by atoms with E-state index in [9.17, 15) is 0 Å². The predicted octanol–water partition coefficient (Wildman–Crippen LogP) is 15.7. The monoisotopic (exact) mass is 832 g/mol. The Labute approximate surface area is 375 Å². The third-order valence-corrected chi connectivity index (χ3v) is 15.8. The summed E-state index contributed by atoms with van der Waals surface area (Å²) in [4.78, 5) is 0. The van der Waals surface area contributed by atoms with Crippen LogP contribution in [0.4, 0.5) is 0 Å². The topological polar surface area (TPSA) is 19.7 Å². The first-order valence-electron chi connectivity index (χ1n) is 23.0. The minimum absolute atomic E-state index is 0.329. The number of fused-ring (bicyclic) bond motifs is 16. The Morgan fingerprint density at radius 2 is 0.677 bits per heavy atom. The molecule has 4 heteroatoms. The molecule has 0 saturated heterocycles. The second kappa shape index (κ2) is 11.8. The fourth-order valence-corrected chi connectivity index (χ4v) is 13.0. The van der Waals surface area contributed by atoms with Gasteiger partial charge in [-0.05, 0) is 101 Å². The number of para-hydroxylation sites is 6. The van der Waals surface area contributed by atoms with E-state index in [-0.39, 0.29) is 10.8 Å². The summed E-state index contributed by atoms with van der Waals surface area (Å²) in [5.74, 6) is 0. The van der Waals surface area contributed by atoms with Crippen molar-refractivity contribution < 1.29 is 0 Å². The lowest BCUT2D eigenvalue weighted by Crippen LogP contribution is -2.32. The van der Waals surface area contributed by atoms with Crippen LogP contribution in [-0.4, -0.2) is 18.3 Å². The molecule has 0 atom stereocenters. The first-order valence-corrected chi connectivity index (χ1v) is 23.0. The molecule has 0 amide bonds. The van der Waals surface area contributed by atoms with E-state index in [1.54, 1.807) is 0 Å². The summed E-state index contributed by atoms with van der Waals surface area (Å²) in [7, 11) is 0. The van der Waals surface area contributed by atoms with Gasteiger partial charge in [0.05, 0.1) is 61.2 Å². The lowest BCUT2D eigenvalue weighted by molar-refractivity contribution is 0.607. The third-order valence-electron chi connectivity index (χ3n) is 15.8. The molecule has 2 aliphatic heterocycles. The molecule has 308 valence electrons. The highest BCUT2D eigenvalue weighted by molar-refractivity contribution is 6.16. The number of aromatic nitrogens is 4. The van der Waals surface area contributed by atoms with Crippen LogP contribution >= 0.6 is 0 Å². The summed E-state index contributed by atoms with van der Waals surface area (Å²) in [5.41, 5.74) is 21.1. The van der Waals surface area contributed by atoms with Gasteiger partial charge in [-0.3, -0.25) is 0 Å². The molecule has 0 spiro atoms. The summed E-state index contributed by atoms with van der Waals surface area (Å²) in [6.45, 7) is 12.2. The minimum Gasteiger partial charge on any atom is -0.309 e. The lowest BCUT2D eigenvalue weighted by Gasteiger charge is -2.41. The van der Waals surface area contributed by atoms with Gasteiger partial charge in [0.1, 0.15) is 0 Å². The standard InChI is InChI=1S/C61H44N4/c1-35-54(63-50-26-14-8-20-39(50)40-21-9-15-27-51(40)63)32-44-42-23-11-17-29-53(42)65-56-33-45-55(34-46(56)61(4,5)57(35)59(44)65)64-52-28-16-10-22-41(52)43-30-36(31-47(58(43)64)60(45,2)3)62-48-24-12-6-18-37(48)38-19-7-13-25-49(38)62/h6-34H,1-5H3. The highest BCUT2D eigenvalue weighted by Crippen LogP contribution is 2.55. The average Bonchev–Trinajstić information content (AvgIpc) is 4.05. The van der Waals surface area contributed by atoms with Crippen LogP contribution in [0.25, 0.3) is 110 Å². The number of hydrogen-bond acceptors (Lipinski definition) is 0. The Morgan fingerprint density at radius 3 is 1.15 bits per heavy atom.